The Hall–Kier alpha value is -1.00. The Morgan fingerprint density at radius 3 is 3.07 bits per heavy atom. The molecule has 0 saturated heterocycles. The second-order valence-electron chi connectivity index (χ2n) is 3.45. The van der Waals surface area contributed by atoms with Gasteiger partial charge in [-0.3, -0.25) is 0 Å². The molecule has 1 atom stereocenters. The van der Waals surface area contributed by atoms with Crippen molar-refractivity contribution in [2.24, 2.45) is 5.92 Å². The summed E-state index contributed by atoms with van der Waals surface area (Å²) in [5.74, 6) is 0.502. The Kier molecular flexibility index (Phi) is 5.11. The van der Waals surface area contributed by atoms with Gasteiger partial charge in [-0.15, -0.1) is 0 Å². The molecule has 0 saturated carbocycles. The molecule has 0 aliphatic heterocycles. The van der Waals surface area contributed by atoms with E-state index in [0.29, 0.717) is 5.92 Å². The molecular formula is C10H17N3O. The molecule has 1 rings (SSSR count). The van der Waals surface area contributed by atoms with Crippen LogP contribution in [0.3, 0.4) is 0 Å². The number of aliphatic hydroxyl groups excluding tert-OH is 1. The maximum Gasteiger partial charge on any atom is 0.115 e. The molecule has 1 unspecified atom stereocenters. The van der Waals surface area contributed by atoms with Crippen molar-refractivity contribution >= 4 is 0 Å². The monoisotopic (exact) mass is 195 g/mol. The highest BCUT2D eigenvalue weighted by molar-refractivity contribution is 4.96. The van der Waals surface area contributed by atoms with Crippen LogP contribution < -0.4 is 5.32 Å². The normalized spacial score (nSPS) is 12.7. The summed E-state index contributed by atoms with van der Waals surface area (Å²) in [6.45, 7) is 4.04. The first-order valence-corrected chi connectivity index (χ1v) is 4.89. The molecule has 0 aromatic carbocycles. The van der Waals surface area contributed by atoms with Gasteiger partial charge in [-0.05, 0) is 24.9 Å². The lowest BCUT2D eigenvalue weighted by molar-refractivity contribution is 0.260. The number of aromatic nitrogens is 2. The summed E-state index contributed by atoms with van der Waals surface area (Å²) in [7, 11) is 0. The molecule has 14 heavy (non-hydrogen) atoms. The quantitative estimate of drug-likeness (QED) is 0.697. The lowest BCUT2D eigenvalue weighted by atomic mass is 10.1. The summed E-state index contributed by atoms with van der Waals surface area (Å²) >= 11 is 0. The smallest absolute Gasteiger partial charge is 0.115 e. The Bertz CT molecular complexity index is 240. The molecule has 0 amide bonds. The SMILES string of the molecule is CC(CCO)CNCc1ccncn1. The number of nitrogens with zero attached hydrogens (tertiary/aromatic N) is 2. The summed E-state index contributed by atoms with van der Waals surface area (Å²) in [6.07, 6.45) is 4.13. The zero-order valence-electron chi connectivity index (χ0n) is 8.48. The first kappa shape index (κ1) is 11.1. The van der Waals surface area contributed by atoms with Crippen LogP contribution in [0.4, 0.5) is 0 Å². The zero-order chi connectivity index (χ0) is 10.2. The van der Waals surface area contributed by atoms with Gasteiger partial charge in [-0.25, -0.2) is 9.97 Å². The molecule has 0 radical (unpaired) electrons. The van der Waals surface area contributed by atoms with E-state index in [2.05, 4.69) is 22.2 Å². The van der Waals surface area contributed by atoms with Crippen molar-refractivity contribution in [1.29, 1.82) is 0 Å². The fourth-order valence-corrected chi connectivity index (χ4v) is 1.19. The van der Waals surface area contributed by atoms with Gasteiger partial charge in [0, 0.05) is 19.3 Å². The van der Waals surface area contributed by atoms with Crippen LogP contribution in [-0.2, 0) is 6.54 Å². The van der Waals surface area contributed by atoms with Gasteiger partial charge >= 0.3 is 0 Å². The molecular weight excluding hydrogens is 178 g/mol. The van der Waals surface area contributed by atoms with Crippen molar-refractivity contribution in [2.45, 2.75) is 19.9 Å². The van der Waals surface area contributed by atoms with Crippen LogP contribution in [0.1, 0.15) is 19.0 Å². The maximum absolute atomic E-state index is 8.70. The van der Waals surface area contributed by atoms with Crippen molar-refractivity contribution in [3.63, 3.8) is 0 Å². The molecule has 2 N–H and O–H groups in total. The fraction of sp³-hybridized carbons (Fsp3) is 0.600. The van der Waals surface area contributed by atoms with Crippen molar-refractivity contribution in [3.05, 3.63) is 24.3 Å². The van der Waals surface area contributed by atoms with Crippen LogP contribution in [0.15, 0.2) is 18.6 Å². The van der Waals surface area contributed by atoms with Crippen LogP contribution in [0.5, 0.6) is 0 Å². The third-order valence-electron chi connectivity index (χ3n) is 2.06. The lowest BCUT2D eigenvalue weighted by Gasteiger charge is -2.10. The molecule has 78 valence electrons. The van der Waals surface area contributed by atoms with E-state index in [-0.39, 0.29) is 6.61 Å². The summed E-state index contributed by atoms with van der Waals surface area (Å²) in [5, 5.41) is 12.0. The third-order valence-corrected chi connectivity index (χ3v) is 2.06. The van der Waals surface area contributed by atoms with Gasteiger partial charge in [-0.1, -0.05) is 6.92 Å². The van der Waals surface area contributed by atoms with E-state index in [1.54, 1.807) is 12.5 Å². The Morgan fingerprint density at radius 2 is 2.43 bits per heavy atom. The van der Waals surface area contributed by atoms with Gasteiger partial charge in [0.25, 0.3) is 0 Å². The average Bonchev–Trinajstić information content (AvgIpc) is 2.20. The minimum Gasteiger partial charge on any atom is -0.396 e. The summed E-state index contributed by atoms with van der Waals surface area (Å²) in [5.41, 5.74) is 0.996. The molecule has 0 fully saturated rings. The van der Waals surface area contributed by atoms with E-state index in [1.165, 1.54) is 0 Å². The molecule has 4 heteroatoms. The van der Waals surface area contributed by atoms with E-state index >= 15 is 0 Å². The number of nitrogens with one attached hydrogen (secondary N) is 1. The molecule has 0 aliphatic carbocycles. The van der Waals surface area contributed by atoms with E-state index in [4.69, 9.17) is 5.11 Å². The molecule has 4 nitrogen and oxygen atoms in total. The number of aliphatic hydroxyl groups is 1. The second kappa shape index (κ2) is 6.45. The third kappa shape index (κ3) is 4.30. The Morgan fingerprint density at radius 1 is 1.57 bits per heavy atom. The largest absolute Gasteiger partial charge is 0.396 e. The predicted octanol–water partition coefficient (Wildman–Crippen LogP) is 0.585. The molecule has 0 spiro atoms. The van der Waals surface area contributed by atoms with Gasteiger partial charge < -0.3 is 10.4 Å². The first-order valence-electron chi connectivity index (χ1n) is 4.89. The Balaban J connectivity index is 2.16. The summed E-state index contributed by atoms with van der Waals surface area (Å²) in [6, 6.07) is 1.89. The average molecular weight is 195 g/mol. The van der Waals surface area contributed by atoms with Crippen LogP contribution in [0.25, 0.3) is 0 Å². The second-order valence-corrected chi connectivity index (χ2v) is 3.45. The van der Waals surface area contributed by atoms with Gasteiger partial charge in [0.2, 0.25) is 0 Å². The highest BCUT2D eigenvalue weighted by Crippen LogP contribution is 1.98. The minimum atomic E-state index is 0.260. The Labute approximate surface area is 84.4 Å². The van der Waals surface area contributed by atoms with Crippen LogP contribution in [0.2, 0.25) is 0 Å². The van der Waals surface area contributed by atoms with Crippen molar-refractivity contribution in [1.82, 2.24) is 15.3 Å². The number of hydrogen-bond donors (Lipinski definition) is 2. The highest BCUT2D eigenvalue weighted by Gasteiger charge is 2.00. The van der Waals surface area contributed by atoms with Gasteiger partial charge in [0.15, 0.2) is 0 Å². The molecule has 0 bridgehead atoms. The van der Waals surface area contributed by atoms with E-state index in [0.717, 1.165) is 25.2 Å². The van der Waals surface area contributed by atoms with E-state index in [1.807, 2.05) is 6.07 Å². The summed E-state index contributed by atoms with van der Waals surface area (Å²) in [4.78, 5) is 7.94. The van der Waals surface area contributed by atoms with Crippen LogP contribution in [0, 0.1) is 5.92 Å². The number of rotatable bonds is 6. The van der Waals surface area contributed by atoms with Crippen molar-refractivity contribution < 1.29 is 5.11 Å². The fourth-order valence-electron chi connectivity index (χ4n) is 1.19. The van der Waals surface area contributed by atoms with Crippen LogP contribution >= 0.6 is 0 Å². The van der Waals surface area contributed by atoms with Crippen molar-refractivity contribution in [2.75, 3.05) is 13.2 Å². The lowest BCUT2D eigenvalue weighted by Crippen LogP contribution is -2.21. The minimum absolute atomic E-state index is 0.260. The van der Waals surface area contributed by atoms with E-state index in [9.17, 15) is 0 Å². The maximum atomic E-state index is 8.70. The van der Waals surface area contributed by atoms with E-state index < -0.39 is 0 Å². The van der Waals surface area contributed by atoms with Gasteiger partial charge in [0.1, 0.15) is 6.33 Å². The highest BCUT2D eigenvalue weighted by atomic mass is 16.3. The molecule has 0 aliphatic rings. The predicted molar refractivity (Wildman–Crippen MR) is 54.6 cm³/mol. The number of hydrogen-bond acceptors (Lipinski definition) is 4. The molecule has 1 aromatic heterocycles. The molecule has 1 aromatic rings. The van der Waals surface area contributed by atoms with Gasteiger partial charge in [0.05, 0.1) is 5.69 Å². The first-order chi connectivity index (χ1) is 6.83. The zero-order valence-corrected chi connectivity index (χ0v) is 8.48. The van der Waals surface area contributed by atoms with Crippen molar-refractivity contribution in [3.8, 4) is 0 Å². The van der Waals surface area contributed by atoms with Gasteiger partial charge in [-0.2, -0.15) is 0 Å². The summed E-state index contributed by atoms with van der Waals surface area (Å²) < 4.78 is 0. The standard InChI is InChI=1S/C10H17N3O/c1-9(3-5-14)6-12-7-10-2-4-11-8-13-10/h2,4,8-9,12,14H,3,5-7H2,1H3. The molecule has 1 heterocycles. The topological polar surface area (TPSA) is 58.0 Å². The van der Waals surface area contributed by atoms with Crippen LogP contribution in [-0.4, -0.2) is 28.2 Å².